The molecule has 0 spiro atoms. The number of carbonyl (C=O) groups excluding carboxylic acids is 1. The van der Waals surface area contributed by atoms with E-state index in [1.54, 1.807) is 11.8 Å². The van der Waals surface area contributed by atoms with Gasteiger partial charge < -0.3 is 4.74 Å². The Hall–Kier alpha value is -0.180. The summed E-state index contributed by atoms with van der Waals surface area (Å²) in [6, 6.07) is 0. The summed E-state index contributed by atoms with van der Waals surface area (Å²) in [5.41, 5.74) is 0.299. The Labute approximate surface area is 78.1 Å². The van der Waals surface area contributed by atoms with E-state index in [1.165, 1.54) is 0 Å². The van der Waals surface area contributed by atoms with Crippen molar-refractivity contribution in [3.8, 4) is 0 Å². The van der Waals surface area contributed by atoms with Crippen LogP contribution in [-0.2, 0) is 9.53 Å². The minimum absolute atomic E-state index is 0.0238. The normalized spacial score (nSPS) is 24.2. The standard InChI is InChI=1S/C9H16O2S/c1-9(2,3)6-12-7-4-5-11-8(7)10/h7H,4-6H2,1-3H3. The highest BCUT2D eigenvalue weighted by atomic mass is 32.2. The maximum absolute atomic E-state index is 11.0. The molecular weight excluding hydrogens is 172 g/mol. The van der Waals surface area contributed by atoms with Gasteiger partial charge in [-0.15, -0.1) is 11.8 Å². The van der Waals surface area contributed by atoms with Gasteiger partial charge in [-0.1, -0.05) is 20.8 Å². The first-order valence-electron chi connectivity index (χ1n) is 4.27. The minimum atomic E-state index is -0.0238. The molecule has 0 N–H and O–H groups in total. The van der Waals surface area contributed by atoms with Crippen molar-refractivity contribution in [1.82, 2.24) is 0 Å². The molecule has 1 fully saturated rings. The van der Waals surface area contributed by atoms with Crippen molar-refractivity contribution in [1.29, 1.82) is 0 Å². The van der Waals surface area contributed by atoms with Gasteiger partial charge in [0.25, 0.3) is 0 Å². The lowest BCUT2D eigenvalue weighted by molar-refractivity contribution is -0.137. The molecular formula is C9H16O2S. The third-order valence-electron chi connectivity index (χ3n) is 1.60. The topological polar surface area (TPSA) is 26.3 Å². The lowest BCUT2D eigenvalue weighted by Gasteiger charge is -2.18. The third-order valence-corrected chi connectivity index (χ3v) is 3.47. The summed E-state index contributed by atoms with van der Waals surface area (Å²) >= 11 is 1.72. The Bertz CT molecular complexity index is 172. The summed E-state index contributed by atoms with van der Waals surface area (Å²) in [4.78, 5) is 11.0. The molecule has 2 nitrogen and oxygen atoms in total. The van der Waals surface area contributed by atoms with Crippen LogP contribution in [0.5, 0.6) is 0 Å². The fraction of sp³-hybridized carbons (Fsp3) is 0.889. The van der Waals surface area contributed by atoms with E-state index in [0.29, 0.717) is 12.0 Å². The highest BCUT2D eigenvalue weighted by Crippen LogP contribution is 2.28. The van der Waals surface area contributed by atoms with Crippen LogP contribution in [-0.4, -0.2) is 23.6 Å². The van der Waals surface area contributed by atoms with Crippen molar-refractivity contribution in [2.45, 2.75) is 32.4 Å². The van der Waals surface area contributed by atoms with Gasteiger partial charge in [0, 0.05) is 6.42 Å². The van der Waals surface area contributed by atoms with Crippen molar-refractivity contribution in [3.05, 3.63) is 0 Å². The SMILES string of the molecule is CC(C)(C)CSC1CCOC1=O. The zero-order valence-electron chi connectivity index (χ0n) is 7.92. The van der Waals surface area contributed by atoms with Crippen molar-refractivity contribution >= 4 is 17.7 Å². The first kappa shape index (κ1) is 9.90. The lowest BCUT2D eigenvalue weighted by Crippen LogP contribution is -2.16. The molecule has 0 aliphatic carbocycles. The monoisotopic (exact) mass is 188 g/mol. The zero-order chi connectivity index (χ0) is 9.19. The van der Waals surface area contributed by atoms with Crippen LogP contribution in [0.3, 0.4) is 0 Å². The van der Waals surface area contributed by atoms with E-state index in [9.17, 15) is 4.79 Å². The van der Waals surface area contributed by atoms with Crippen LogP contribution in [0.25, 0.3) is 0 Å². The highest BCUT2D eigenvalue weighted by molar-refractivity contribution is 8.00. The second-order valence-electron chi connectivity index (χ2n) is 4.32. The van der Waals surface area contributed by atoms with Gasteiger partial charge in [-0.25, -0.2) is 0 Å². The van der Waals surface area contributed by atoms with Gasteiger partial charge in [-0.05, 0) is 11.2 Å². The van der Waals surface area contributed by atoms with Gasteiger partial charge in [0.15, 0.2) is 0 Å². The summed E-state index contributed by atoms with van der Waals surface area (Å²) in [6.07, 6.45) is 0.888. The van der Waals surface area contributed by atoms with E-state index in [-0.39, 0.29) is 11.2 Å². The van der Waals surface area contributed by atoms with Crippen molar-refractivity contribution in [2.24, 2.45) is 5.41 Å². The molecule has 0 aromatic rings. The number of thioether (sulfide) groups is 1. The largest absolute Gasteiger partial charge is 0.465 e. The van der Waals surface area contributed by atoms with Gasteiger partial charge in [-0.2, -0.15) is 0 Å². The summed E-state index contributed by atoms with van der Waals surface area (Å²) < 4.78 is 4.87. The molecule has 0 saturated carbocycles. The molecule has 3 heteroatoms. The van der Waals surface area contributed by atoms with Gasteiger partial charge in [0.1, 0.15) is 5.25 Å². The van der Waals surface area contributed by atoms with E-state index >= 15 is 0 Å². The molecule has 0 aromatic heterocycles. The summed E-state index contributed by atoms with van der Waals surface area (Å²) in [7, 11) is 0. The molecule has 1 aliphatic heterocycles. The lowest BCUT2D eigenvalue weighted by atomic mass is 10.0. The first-order valence-corrected chi connectivity index (χ1v) is 5.32. The fourth-order valence-electron chi connectivity index (χ4n) is 0.979. The predicted octanol–water partition coefficient (Wildman–Crippen LogP) is 2.08. The Kier molecular flexibility index (Phi) is 3.04. The number of cyclic esters (lactones) is 1. The quantitative estimate of drug-likeness (QED) is 0.621. The van der Waals surface area contributed by atoms with Gasteiger partial charge in [0.05, 0.1) is 6.61 Å². The predicted molar refractivity (Wildman–Crippen MR) is 51.3 cm³/mol. The van der Waals surface area contributed by atoms with Crippen LogP contribution in [0.15, 0.2) is 0 Å². The van der Waals surface area contributed by atoms with Gasteiger partial charge in [0.2, 0.25) is 0 Å². The molecule has 0 amide bonds. The molecule has 0 radical (unpaired) electrons. The second-order valence-corrected chi connectivity index (χ2v) is 5.51. The van der Waals surface area contributed by atoms with Crippen LogP contribution in [0.1, 0.15) is 27.2 Å². The Morgan fingerprint density at radius 3 is 2.67 bits per heavy atom. The van der Waals surface area contributed by atoms with Gasteiger partial charge in [-0.3, -0.25) is 4.79 Å². The van der Waals surface area contributed by atoms with Gasteiger partial charge >= 0.3 is 5.97 Å². The summed E-state index contributed by atoms with van der Waals surface area (Å²) in [5.74, 6) is 0.997. The van der Waals surface area contributed by atoms with E-state index in [0.717, 1.165) is 12.2 Å². The molecule has 0 aromatic carbocycles. The van der Waals surface area contributed by atoms with E-state index in [4.69, 9.17) is 4.74 Å². The van der Waals surface area contributed by atoms with E-state index in [1.807, 2.05) is 0 Å². The molecule has 1 unspecified atom stereocenters. The number of rotatable bonds is 2. The van der Waals surface area contributed by atoms with Crippen molar-refractivity contribution in [2.75, 3.05) is 12.4 Å². The molecule has 1 aliphatic rings. The minimum Gasteiger partial charge on any atom is -0.465 e. The summed E-state index contributed by atoms with van der Waals surface area (Å²) in [6.45, 7) is 7.15. The summed E-state index contributed by atoms with van der Waals surface area (Å²) in [5, 5.41) is 0.101. The second kappa shape index (κ2) is 3.69. The molecule has 0 bridgehead atoms. The van der Waals surface area contributed by atoms with Crippen LogP contribution in [0.2, 0.25) is 0 Å². The Morgan fingerprint density at radius 1 is 1.58 bits per heavy atom. The van der Waals surface area contributed by atoms with Crippen LogP contribution in [0.4, 0.5) is 0 Å². The zero-order valence-corrected chi connectivity index (χ0v) is 8.74. The average molecular weight is 188 g/mol. The molecule has 1 rings (SSSR count). The maximum atomic E-state index is 11.0. The number of hydrogen-bond donors (Lipinski definition) is 0. The number of carbonyl (C=O) groups is 1. The number of esters is 1. The molecule has 1 saturated heterocycles. The molecule has 1 atom stereocenters. The average Bonchev–Trinajstić information content (AvgIpc) is 2.29. The van der Waals surface area contributed by atoms with E-state index in [2.05, 4.69) is 20.8 Å². The third kappa shape index (κ3) is 3.05. The van der Waals surface area contributed by atoms with Crippen LogP contribution >= 0.6 is 11.8 Å². The molecule has 70 valence electrons. The Morgan fingerprint density at radius 2 is 2.25 bits per heavy atom. The Balaban J connectivity index is 2.27. The number of ether oxygens (including phenoxy) is 1. The van der Waals surface area contributed by atoms with Crippen LogP contribution < -0.4 is 0 Å². The first-order chi connectivity index (χ1) is 5.49. The molecule has 12 heavy (non-hydrogen) atoms. The molecule has 1 heterocycles. The van der Waals surface area contributed by atoms with E-state index < -0.39 is 0 Å². The fourth-order valence-corrected chi connectivity index (χ4v) is 2.15. The van der Waals surface area contributed by atoms with Crippen LogP contribution in [0, 0.1) is 5.41 Å². The smallest absolute Gasteiger partial charge is 0.319 e. The maximum Gasteiger partial charge on any atom is 0.319 e. The number of hydrogen-bond acceptors (Lipinski definition) is 3. The van der Waals surface area contributed by atoms with Crippen molar-refractivity contribution < 1.29 is 9.53 Å². The van der Waals surface area contributed by atoms with Crippen molar-refractivity contribution in [3.63, 3.8) is 0 Å². The highest BCUT2D eigenvalue weighted by Gasteiger charge is 2.28.